The Morgan fingerprint density at radius 1 is 1.55 bits per heavy atom. The molecule has 0 aliphatic carbocycles. The average molecular weight is 221 g/mol. The van der Waals surface area contributed by atoms with Crippen molar-refractivity contribution in [3.05, 3.63) is 12.2 Å². The summed E-state index contributed by atoms with van der Waals surface area (Å²) >= 11 is 3.40. The van der Waals surface area contributed by atoms with Gasteiger partial charge in [0, 0.05) is 18.4 Å². The van der Waals surface area contributed by atoms with Crippen LogP contribution in [-0.2, 0) is 4.74 Å². The summed E-state index contributed by atoms with van der Waals surface area (Å²) in [4.78, 5) is 0. The van der Waals surface area contributed by atoms with Crippen LogP contribution in [0, 0.1) is 11.8 Å². The number of ether oxygens (including phenoxy) is 1. The number of rotatable bonds is 5. The molecule has 0 aromatic heterocycles. The van der Waals surface area contributed by atoms with E-state index in [2.05, 4.69) is 36.4 Å². The monoisotopic (exact) mass is 220 g/mol. The molecule has 0 radical (unpaired) electrons. The van der Waals surface area contributed by atoms with E-state index in [4.69, 9.17) is 4.74 Å². The van der Waals surface area contributed by atoms with E-state index in [1.807, 2.05) is 0 Å². The number of methoxy groups -OCH3 is 1. The van der Waals surface area contributed by atoms with Crippen molar-refractivity contribution in [2.45, 2.75) is 13.8 Å². The van der Waals surface area contributed by atoms with Gasteiger partial charge in [-0.15, -0.1) is 0 Å². The minimum atomic E-state index is 0.486. The van der Waals surface area contributed by atoms with E-state index in [1.165, 1.54) is 5.57 Å². The number of hydrogen-bond acceptors (Lipinski definition) is 1. The van der Waals surface area contributed by atoms with Crippen molar-refractivity contribution in [2.75, 3.05) is 19.0 Å². The molecule has 0 bridgehead atoms. The van der Waals surface area contributed by atoms with Crippen LogP contribution in [-0.4, -0.2) is 19.0 Å². The fourth-order valence-electron chi connectivity index (χ4n) is 1.06. The van der Waals surface area contributed by atoms with Gasteiger partial charge in [-0.2, -0.15) is 0 Å². The van der Waals surface area contributed by atoms with Crippen LogP contribution < -0.4 is 0 Å². The SMILES string of the molecule is C=C(CBr)C(COC)C(C)C. The normalized spacial score (nSPS) is 13.5. The summed E-state index contributed by atoms with van der Waals surface area (Å²) in [5.74, 6) is 1.10. The van der Waals surface area contributed by atoms with Crippen LogP contribution in [0.25, 0.3) is 0 Å². The first-order valence-electron chi connectivity index (χ1n) is 3.86. The maximum absolute atomic E-state index is 5.11. The van der Waals surface area contributed by atoms with Gasteiger partial charge in [-0.3, -0.25) is 0 Å². The van der Waals surface area contributed by atoms with Gasteiger partial charge in [0.1, 0.15) is 0 Å². The lowest BCUT2D eigenvalue weighted by Gasteiger charge is -2.20. The molecule has 66 valence electrons. The zero-order valence-electron chi connectivity index (χ0n) is 7.56. The molecule has 0 aromatic rings. The van der Waals surface area contributed by atoms with Crippen molar-refractivity contribution in [3.8, 4) is 0 Å². The van der Waals surface area contributed by atoms with Gasteiger partial charge < -0.3 is 4.74 Å². The highest BCUT2D eigenvalue weighted by Gasteiger charge is 2.15. The minimum Gasteiger partial charge on any atom is -0.384 e. The van der Waals surface area contributed by atoms with Crippen LogP contribution in [0.1, 0.15) is 13.8 Å². The molecule has 11 heavy (non-hydrogen) atoms. The standard InChI is InChI=1S/C9H17BrO/c1-7(2)9(6-11-4)8(3)5-10/h7,9H,3,5-6H2,1-2,4H3. The zero-order valence-corrected chi connectivity index (χ0v) is 9.15. The largest absolute Gasteiger partial charge is 0.384 e. The molecule has 0 heterocycles. The molecule has 0 N–H and O–H groups in total. The number of hydrogen-bond donors (Lipinski definition) is 0. The van der Waals surface area contributed by atoms with Gasteiger partial charge in [-0.05, 0) is 5.92 Å². The average Bonchev–Trinajstić information content (AvgIpc) is 1.98. The van der Waals surface area contributed by atoms with Gasteiger partial charge >= 0.3 is 0 Å². The van der Waals surface area contributed by atoms with Gasteiger partial charge in [0.2, 0.25) is 0 Å². The summed E-state index contributed by atoms with van der Waals surface area (Å²) in [6.45, 7) is 9.15. The van der Waals surface area contributed by atoms with Crippen molar-refractivity contribution < 1.29 is 4.74 Å². The summed E-state index contributed by atoms with van der Waals surface area (Å²) in [6.07, 6.45) is 0. The molecule has 0 rings (SSSR count). The summed E-state index contributed by atoms with van der Waals surface area (Å²) in [6, 6.07) is 0. The van der Waals surface area contributed by atoms with Gasteiger partial charge in [0.25, 0.3) is 0 Å². The van der Waals surface area contributed by atoms with Crippen molar-refractivity contribution >= 4 is 15.9 Å². The molecule has 0 spiro atoms. The number of halogens is 1. The second-order valence-electron chi connectivity index (χ2n) is 3.10. The Kier molecular flexibility index (Phi) is 5.88. The smallest absolute Gasteiger partial charge is 0.0530 e. The Hall–Kier alpha value is 0.180. The molecule has 1 atom stereocenters. The van der Waals surface area contributed by atoms with Gasteiger partial charge in [-0.25, -0.2) is 0 Å². The lowest BCUT2D eigenvalue weighted by molar-refractivity contribution is 0.146. The highest BCUT2D eigenvalue weighted by molar-refractivity contribution is 9.09. The third kappa shape index (κ3) is 3.92. The minimum absolute atomic E-state index is 0.486. The third-order valence-corrected chi connectivity index (χ3v) is 2.57. The fourth-order valence-corrected chi connectivity index (χ4v) is 1.48. The maximum atomic E-state index is 5.11. The molecule has 0 fully saturated rings. The molecule has 0 aliphatic rings. The van der Waals surface area contributed by atoms with E-state index in [0.717, 1.165) is 11.9 Å². The summed E-state index contributed by atoms with van der Waals surface area (Å²) in [5.41, 5.74) is 1.22. The maximum Gasteiger partial charge on any atom is 0.0530 e. The number of alkyl halides is 1. The topological polar surface area (TPSA) is 9.23 Å². The fraction of sp³-hybridized carbons (Fsp3) is 0.778. The molecule has 1 unspecified atom stereocenters. The van der Waals surface area contributed by atoms with Crippen LogP contribution in [0.2, 0.25) is 0 Å². The van der Waals surface area contributed by atoms with Crippen LogP contribution in [0.3, 0.4) is 0 Å². The predicted molar refractivity (Wildman–Crippen MR) is 53.1 cm³/mol. The highest BCUT2D eigenvalue weighted by atomic mass is 79.9. The van der Waals surface area contributed by atoms with Crippen molar-refractivity contribution in [2.24, 2.45) is 11.8 Å². The van der Waals surface area contributed by atoms with Crippen molar-refractivity contribution in [1.82, 2.24) is 0 Å². The lowest BCUT2D eigenvalue weighted by Crippen LogP contribution is -2.17. The Balaban J connectivity index is 3.98. The predicted octanol–water partition coefficient (Wildman–Crippen LogP) is 2.86. The molecule has 0 aliphatic heterocycles. The van der Waals surface area contributed by atoms with E-state index < -0.39 is 0 Å². The molecular formula is C9H17BrO. The molecular weight excluding hydrogens is 204 g/mol. The Morgan fingerprint density at radius 3 is 2.36 bits per heavy atom. The lowest BCUT2D eigenvalue weighted by atomic mass is 9.91. The highest BCUT2D eigenvalue weighted by Crippen LogP contribution is 2.20. The Labute approximate surface area is 78.0 Å². The van der Waals surface area contributed by atoms with E-state index >= 15 is 0 Å². The third-order valence-electron chi connectivity index (χ3n) is 1.85. The second kappa shape index (κ2) is 5.78. The van der Waals surface area contributed by atoms with Crippen LogP contribution in [0.15, 0.2) is 12.2 Å². The first-order valence-corrected chi connectivity index (χ1v) is 4.98. The van der Waals surface area contributed by atoms with E-state index in [-0.39, 0.29) is 0 Å². The summed E-state index contributed by atoms with van der Waals surface area (Å²) in [7, 11) is 1.73. The summed E-state index contributed by atoms with van der Waals surface area (Å²) < 4.78 is 5.11. The zero-order chi connectivity index (χ0) is 8.85. The molecule has 1 nitrogen and oxygen atoms in total. The molecule has 2 heteroatoms. The Bertz CT molecular complexity index is 121. The first-order chi connectivity index (χ1) is 5.13. The Morgan fingerprint density at radius 2 is 2.09 bits per heavy atom. The molecule has 0 saturated carbocycles. The van der Waals surface area contributed by atoms with E-state index in [1.54, 1.807) is 7.11 Å². The van der Waals surface area contributed by atoms with Gasteiger partial charge in [0.05, 0.1) is 6.61 Å². The van der Waals surface area contributed by atoms with E-state index in [9.17, 15) is 0 Å². The second-order valence-corrected chi connectivity index (χ2v) is 3.66. The molecule has 0 saturated heterocycles. The van der Waals surface area contributed by atoms with Crippen LogP contribution in [0.5, 0.6) is 0 Å². The summed E-state index contributed by atoms with van der Waals surface area (Å²) in [5, 5.41) is 0.874. The van der Waals surface area contributed by atoms with Gasteiger partial charge in [-0.1, -0.05) is 41.9 Å². The first kappa shape index (κ1) is 11.2. The van der Waals surface area contributed by atoms with Crippen LogP contribution >= 0.6 is 15.9 Å². The molecule has 0 amide bonds. The molecule has 0 aromatic carbocycles. The van der Waals surface area contributed by atoms with Crippen molar-refractivity contribution in [1.29, 1.82) is 0 Å². The van der Waals surface area contributed by atoms with E-state index in [0.29, 0.717) is 11.8 Å². The van der Waals surface area contributed by atoms with Crippen LogP contribution in [0.4, 0.5) is 0 Å². The van der Waals surface area contributed by atoms with Gasteiger partial charge in [0.15, 0.2) is 0 Å². The quantitative estimate of drug-likeness (QED) is 0.512. The van der Waals surface area contributed by atoms with Crippen molar-refractivity contribution in [3.63, 3.8) is 0 Å².